The number of carboxylic acid groups (broad SMARTS) is 2. The number of carbonyl (C=O) groups is 2. The molecular weight excluding hydrogens is 526 g/mol. The number of phenolic OH excluding ortho intramolecular Hbond substituents is 4. The summed E-state index contributed by atoms with van der Waals surface area (Å²) >= 11 is 0. The third kappa shape index (κ3) is 5.93. The highest BCUT2D eigenvalue weighted by Crippen LogP contribution is 2.37. The molecule has 0 amide bonds. The van der Waals surface area contributed by atoms with E-state index in [-0.39, 0.29) is 68.7 Å². The van der Waals surface area contributed by atoms with Crippen LogP contribution in [0.1, 0.15) is 13.8 Å². The molecule has 206 valence electrons. The van der Waals surface area contributed by atoms with Gasteiger partial charge >= 0.3 is 0 Å². The molecule has 0 spiro atoms. The second kappa shape index (κ2) is 11.0. The van der Waals surface area contributed by atoms with Gasteiger partial charge in [-0.15, -0.1) is 0 Å². The maximum atomic E-state index is 11.0. The summed E-state index contributed by atoms with van der Waals surface area (Å²) in [6, 6.07) is 11.5. The van der Waals surface area contributed by atoms with E-state index in [1.165, 1.54) is 50.2 Å². The van der Waals surface area contributed by atoms with Gasteiger partial charge in [0.2, 0.25) is 0 Å². The van der Waals surface area contributed by atoms with Gasteiger partial charge in [0.15, 0.2) is 17.5 Å². The summed E-state index contributed by atoms with van der Waals surface area (Å²) in [4.78, 5) is 35.0. The van der Waals surface area contributed by atoms with Crippen molar-refractivity contribution in [2.45, 2.75) is 26.1 Å². The Bertz CT molecular complexity index is 1520. The molecule has 1 heterocycles. The van der Waals surface area contributed by atoms with Crippen molar-refractivity contribution in [2.75, 3.05) is 0 Å². The van der Waals surface area contributed by atoms with Crippen LogP contribution in [0.25, 0.3) is 34.2 Å². The molecule has 0 aliphatic rings. The van der Waals surface area contributed by atoms with Crippen molar-refractivity contribution in [3.63, 3.8) is 0 Å². The van der Waals surface area contributed by atoms with Gasteiger partial charge in [-0.25, -0.2) is 15.0 Å². The molecule has 40 heavy (non-hydrogen) atoms. The fourth-order valence-electron chi connectivity index (χ4n) is 3.50. The Morgan fingerprint density at radius 2 is 0.975 bits per heavy atom. The minimum atomic E-state index is -1.45. The van der Waals surface area contributed by atoms with Crippen LogP contribution in [0.4, 0.5) is 0 Å². The van der Waals surface area contributed by atoms with Gasteiger partial charge in [0, 0.05) is 18.2 Å². The van der Waals surface area contributed by atoms with Crippen molar-refractivity contribution < 1.29 is 49.7 Å². The molecule has 4 aromatic rings. The summed E-state index contributed by atoms with van der Waals surface area (Å²) in [5.74, 6) is -4.48. The van der Waals surface area contributed by atoms with Crippen LogP contribution < -0.4 is 19.7 Å². The Morgan fingerprint density at radius 3 is 1.30 bits per heavy atom. The first-order chi connectivity index (χ1) is 18.9. The van der Waals surface area contributed by atoms with Gasteiger partial charge in [-0.05, 0) is 50.2 Å². The number of carboxylic acids is 2. The zero-order valence-corrected chi connectivity index (χ0v) is 20.9. The lowest BCUT2D eigenvalue weighted by Crippen LogP contribution is -2.37. The Hall–Kier alpha value is -5.59. The first-order valence-corrected chi connectivity index (χ1v) is 11.6. The lowest BCUT2D eigenvalue weighted by atomic mass is 10.1. The first kappa shape index (κ1) is 27.4. The molecule has 0 radical (unpaired) electrons. The number of carbonyl (C=O) groups excluding carboxylic acids is 2. The van der Waals surface area contributed by atoms with Gasteiger partial charge in [-0.1, -0.05) is 0 Å². The number of phenols is 4. The molecule has 0 bridgehead atoms. The van der Waals surface area contributed by atoms with Crippen LogP contribution in [0.3, 0.4) is 0 Å². The van der Waals surface area contributed by atoms with Crippen LogP contribution in [0, 0.1) is 0 Å². The Morgan fingerprint density at radius 1 is 0.625 bits per heavy atom. The van der Waals surface area contributed by atoms with Crippen molar-refractivity contribution in [2.24, 2.45) is 0 Å². The summed E-state index contributed by atoms with van der Waals surface area (Å²) in [6.45, 7) is 2.52. The number of ether oxygens (including phenoxy) is 2. The highest BCUT2D eigenvalue weighted by atomic mass is 16.5. The summed E-state index contributed by atoms with van der Waals surface area (Å²) in [7, 11) is 0. The SMILES string of the molecule is CC(Oc1ccc(-c2nc(-c3ccc(O)cc3O)nc(-c3ccc(OC(C)C(=O)[O-])cc3O)n2)c(O)c1)C(=O)[O-]. The zero-order valence-electron chi connectivity index (χ0n) is 20.9. The average molecular weight is 547 g/mol. The van der Waals surface area contributed by atoms with Crippen LogP contribution in [0.2, 0.25) is 0 Å². The number of aliphatic carboxylic acids is 2. The summed E-state index contributed by atoms with van der Waals surface area (Å²) < 4.78 is 10.4. The molecule has 3 aromatic carbocycles. The third-order valence-electron chi connectivity index (χ3n) is 5.57. The predicted octanol–water partition coefficient (Wildman–Crippen LogP) is 0.729. The molecule has 4 rings (SSSR count). The summed E-state index contributed by atoms with van der Waals surface area (Å²) in [5.41, 5.74) is 0.227. The standard InChI is InChI=1S/C27H23N3O10/c1-12(26(35)36)39-15-4-7-18(21(33)10-15)24-28-23(17-6-3-14(31)9-20(17)32)29-25(30-24)19-8-5-16(11-22(19)34)40-13(2)27(37)38/h3-13,31-34H,1-2H3,(H,35,36)(H,37,38)/p-2. The number of hydrogen-bond acceptors (Lipinski definition) is 13. The molecule has 0 saturated heterocycles. The number of aromatic nitrogens is 3. The summed E-state index contributed by atoms with van der Waals surface area (Å²) in [6.07, 6.45) is -2.58. The predicted molar refractivity (Wildman–Crippen MR) is 133 cm³/mol. The molecule has 2 unspecified atom stereocenters. The van der Waals surface area contributed by atoms with Crippen molar-refractivity contribution in [3.05, 3.63) is 54.6 Å². The molecule has 13 nitrogen and oxygen atoms in total. The minimum Gasteiger partial charge on any atom is -0.546 e. The lowest BCUT2D eigenvalue weighted by Gasteiger charge is -2.17. The van der Waals surface area contributed by atoms with E-state index in [1.54, 1.807) is 0 Å². The van der Waals surface area contributed by atoms with E-state index in [2.05, 4.69) is 15.0 Å². The topological polar surface area (TPSA) is 218 Å². The summed E-state index contributed by atoms with van der Waals surface area (Å²) in [5, 5.41) is 63.4. The van der Waals surface area contributed by atoms with E-state index in [9.17, 15) is 40.2 Å². The number of nitrogens with zero attached hydrogens (tertiary/aromatic N) is 3. The number of aromatic hydroxyl groups is 4. The van der Waals surface area contributed by atoms with Crippen LogP contribution in [-0.4, -0.2) is 59.5 Å². The molecule has 0 saturated carbocycles. The van der Waals surface area contributed by atoms with Gasteiger partial charge < -0.3 is 49.7 Å². The second-order valence-electron chi connectivity index (χ2n) is 8.52. The van der Waals surface area contributed by atoms with Gasteiger partial charge in [-0.2, -0.15) is 0 Å². The minimum absolute atomic E-state index is 0.0302. The van der Waals surface area contributed by atoms with Crippen molar-refractivity contribution in [3.8, 4) is 68.7 Å². The van der Waals surface area contributed by atoms with Crippen molar-refractivity contribution in [1.29, 1.82) is 0 Å². The molecule has 4 N–H and O–H groups in total. The van der Waals surface area contributed by atoms with Gasteiger partial charge in [-0.3, -0.25) is 0 Å². The maximum Gasteiger partial charge on any atom is 0.167 e. The molecule has 0 aliphatic heterocycles. The zero-order chi connectivity index (χ0) is 29.1. The van der Waals surface area contributed by atoms with Crippen LogP contribution >= 0.6 is 0 Å². The van der Waals surface area contributed by atoms with E-state index < -0.39 is 24.1 Å². The van der Waals surface area contributed by atoms with Gasteiger partial charge in [0.1, 0.15) is 46.7 Å². The number of hydrogen-bond donors (Lipinski definition) is 4. The lowest BCUT2D eigenvalue weighted by molar-refractivity contribution is -0.314. The Kier molecular flexibility index (Phi) is 7.57. The quantitative estimate of drug-likeness (QED) is 0.227. The number of rotatable bonds is 9. The highest BCUT2D eigenvalue weighted by Gasteiger charge is 2.20. The van der Waals surface area contributed by atoms with Crippen LogP contribution in [0.5, 0.6) is 34.5 Å². The van der Waals surface area contributed by atoms with Gasteiger partial charge in [0.25, 0.3) is 0 Å². The first-order valence-electron chi connectivity index (χ1n) is 11.6. The molecule has 0 aliphatic carbocycles. The normalized spacial score (nSPS) is 12.3. The fraction of sp³-hybridized carbons (Fsp3) is 0.148. The van der Waals surface area contributed by atoms with E-state index >= 15 is 0 Å². The van der Waals surface area contributed by atoms with E-state index in [4.69, 9.17) is 9.47 Å². The Labute approximate surface area is 226 Å². The molecule has 1 aromatic heterocycles. The molecule has 2 atom stereocenters. The molecular formula is C27H21N3O10-2. The van der Waals surface area contributed by atoms with E-state index in [0.29, 0.717) is 0 Å². The molecule has 0 fully saturated rings. The molecule has 13 heteroatoms. The van der Waals surface area contributed by atoms with Crippen LogP contribution in [0.15, 0.2) is 54.6 Å². The third-order valence-corrected chi connectivity index (χ3v) is 5.57. The van der Waals surface area contributed by atoms with Gasteiger partial charge in [0.05, 0.1) is 28.6 Å². The fourth-order valence-corrected chi connectivity index (χ4v) is 3.50. The van der Waals surface area contributed by atoms with E-state index in [1.807, 2.05) is 0 Å². The monoisotopic (exact) mass is 547 g/mol. The highest BCUT2D eigenvalue weighted by molar-refractivity contribution is 5.75. The smallest absolute Gasteiger partial charge is 0.167 e. The van der Waals surface area contributed by atoms with Crippen molar-refractivity contribution >= 4 is 11.9 Å². The van der Waals surface area contributed by atoms with Crippen molar-refractivity contribution in [1.82, 2.24) is 15.0 Å². The van der Waals surface area contributed by atoms with E-state index in [0.717, 1.165) is 18.2 Å². The Balaban J connectivity index is 1.83. The number of benzene rings is 3. The maximum absolute atomic E-state index is 11.0. The average Bonchev–Trinajstić information content (AvgIpc) is 2.88. The second-order valence-corrected chi connectivity index (χ2v) is 8.52. The van der Waals surface area contributed by atoms with Crippen LogP contribution in [-0.2, 0) is 9.59 Å². The largest absolute Gasteiger partial charge is 0.546 e.